The van der Waals surface area contributed by atoms with Crippen molar-refractivity contribution in [3.8, 4) is 0 Å². The van der Waals surface area contributed by atoms with Crippen LogP contribution < -0.4 is 5.48 Å². The predicted molar refractivity (Wildman–Crippen MR) is 41.6 cm³/mol. The van der Waals surface area contributed by atoms with E-state index in [0.29, 0.717) is 6.04 Å². The molecule has 2 nitrogen and oxygen atoms in total. The standard InChI is InChI=1S/C8H17NO/c1-3-10-9-8-5-4-7(2)6-8/h7-9H,3-6H2,1-2H3. The molecule has 10 heavy (non-hydrogen) atoms. The Labute approximate surface area is 62.9 Å². The number of hydrogen-bond acceptors (Lipinski definition) is 2. The normalized spacial score (nSPS) is 33.0. The fraction of sp³-hybridized carbons (Fsp3) is 1.00. The lowest BCUT2D eigenvalue weighted by Crippen LogP contribution is -2.26. The Morgan fingerprint density at radius 3 is 2.80 bits per heavy atom. The van der Waals surface area contributed by atoms with Crippen LogP contribution in [-0.2, 0) is 4.84 Å². The van der Waals surface area contributed by atoms with E-state index in [1.807, 2.05) is 6.92 Å². The van der Waals surface area contributed by atoms with Crippen molar-refractivity contribution in [2.24, 2.45) is 5.92 Å². The molecule has 0 aromatic carbocycles. The highest BCUT2D eigenvalue weighted by molar-refractivity contribution is 4.75. The Balaban J connectivity index is 2.06. The number of rotatable bonds is 3. The van der Waals surface area contributed by atoms with Gasteiger partial charge in [0.1, 0.15) is 0 Å². The minimum absolute atomic E-state index is 0.620. The van der Waals surface area contributed by atoms with Crippen molar-refractivity contribution in [1.29, 1.82) is 0 Å². The zero-order valence-electron chi connectivity index (χ0n) is 6.89. The fourth-order valence-electron chi connectivity index (χ4n) is 1.52. The van der Waals surface area contributed by atoms with Gasteiger partial charge in [0.15, 0.2) is 0 Å². The monoisotopic (exact) mass is 143 g/mol. The Morgan fingerprint density at radius 1 is 1.50 bits per heavy atom. The van der Waals surface area contributed by atoms with E-state index in [1.165, 1.54) is 19.3 Å². The molecule has 0 saturated heterocycles. The summed E-state index contributed by atoms with van der Waals surface area (Å²) in [4.78, 5) is 5.12. The van der Waals surface area contributed by atoms with Crippen LogP contribution in [0, 0.1) is 5.92 Å². The van der Waals surface area contributed by atoms with Crippen molar-refractivity contribution in [2.45, 2.75) is 39.2 Å². The summed E-state index contributed by atoms with van der Waals surface area (Å²) in [7, 11) is 0. The first kappa shape index (κ1) is 8.02. The van der Waals surface area contributed by atoms with Gasteiger partial charge in [-0.1, -0.05) is 6.92 Å². The molecule has 1 saturated carbocycles. The first-order valence-electron chi connectivity index (χ1n) is 4.20. The number of hydroxylamine groups is 1. The van der Waals surface area contributed by atoms with Crippen LogP contribution in [0.25, 0.3) is 0 Å². The van der Waals surface area contributed by atoms with Crippen molar-refractivity contribution in [3.63, 3.8) is 0 Å². The quantitative estimate of drug-likeness (QED) is 0.607. The van der Waals surface area contributed by atoms with Crippen LogP contribution in [0.5, 0.6) is 0 Å². The largest absolute Gasteiger partial charge is 0.302 e. The summed E-state index contributed by atoms with van der Waals surface area (Å²) in [6.07, 6.45) is 3.91. The van der Waals surface area contributed by atoms with E-state index in [2.05, 4.69) is 12.4 Å². The van der Waals surface area contributed by atoms with Gasteiger partial charge in [-0.25, -0.2) is 0 Å². The maximum atomic E-state index is 5.12. The van der Waals surface area contributed by atoms with Crippen LogP contribution >= 0.6 is 0 Å². The third-order valence-corrected chi connectivity index (χ3v) is 2.09. The third-order valence-electron chi connectivity index (χ3n) is 2.09. The number of hydrogen-bond donors (Lipinski definition) is 1. The molecule has 2 atom stereocenters. The van der Waals surface area contributed by atoms with Gasteiger partial charge in [0.2, 0.25) is 0 Å². The molecular weight excluding hydrogens is 126 g/mol. The highest BCUT2D eigenvalue weighted by Crippen LogP contribution is 2.24. The van der Waals surface area contributed by atoms with Gasteiger partial charge in [-0.15, -0.1) is 0 Å². The minimum Gasteiger partial charge on any atom is -0.302 e. The van der Waals surface area contributed by atoms with Gasteiger partial charge in [-0.2, -0.15) is 5.48 Å². The number of nitrogens with one attached hydrogen (secondary N) is 1. The molecule has 1 aliphatic rings. The summed E-state index contributed by atoms with van der Waals surface area (Å²) >= 11 is 0. The Kier molecular flexibility index (Phi) is 3.16. The van der Waals surface area contributed by atoms with Gasteiger partial charge in [0.05, 0.1) is 6.61 Å². The maximum Gasteiger partial charge on any atom is 0.0654 e. The van der Waals surface area contributed by atoms with Crippen LogP contribution in [0.2, 0.25) is 0 Å². The molecule has 0 aliphatic heterocycles. The Morgan fingerprint density at radius 2 is 2.30 bits per heavy atom. The minimum atomic E-state index is 0.620. The Bertz CT molecular complexity index is 95.3. The van der Waals surface area contributed by atoms with Gasteiger partial charge >= 0.3 is 0 Å². The second-order valence-corrected chi connectivity index (χ2v) is 3.17. The lowest BCUT2D eigenvalue weighted by Gasteiger charge is -2.10. The molecule has 0 amide bonds. The highest BCUT2D eigenvalue weighted by atomic mass is 16.6. The van der Waals surface area contributed by atoms with E-state index >= 15 is 0 Å². The molecule has 0 heterocycles. The molecule has 2 heteroatoms. The van der Waals surface area contributed by atoms with Crippen LogP contribution in [-0.4, -0.2) is 12.6 Å². The second kappa shape index (κ2) is 3.94. The van der Waals surface area contributed by atoms with Crippen LogP contribution in [0.15, 0.2) is 0 Å². The third kappa shape index (κ3) is 2.27. The van der Waals surface area contributed by atoms with Gasteiger partial charge in [0.25, 0.3) is 0 Å². The first-order chi connectivity index (χ1) is 4.83. The molecule has 0 radical (unpaired) electrons. The van der Waals surface area contributed by atoms with Gasteiger partial charge in [0, 0.05) is 6.04 Å². The smallest absolute Gasteiger partial charge is 0.0654 e. The highest BCUT2D eigenvalue weighted by Gasteiger charge is 2.20. The van der Waals surface area contributed by atoms with Crippen molar-refractivity contribution >= 4 is 0 Å². The van der Waals surface area contributed by atoms with Crippen LogP contribution in [0.1, 0.15) is 33.1 Å². The molecule has 0 spiro atoms. The average Bonchev–Trinajstić information content (AvgIpc) is 2.31. The van der Waals surface area contributed by atoms with E-state index in [4.69, 9.17) is 4.84 Å². The first-order valence-corrected chi connectivity index (χ1v) is 4.20. The van der Waals surface area contributed by atoms with Gasteiger partial charge < -0.3 is 4.84 Å². The second-order valence-electron chi connectivity index (χ2n) is 3.17. The molecule has 0 aromatic rings. The van der Waals surface area contributed by atoms with Crippen molar-refractivity contribution < 1.29 is 4.84 Å². The molecule has 1 rings (SSSR count). The summed E-state index contributed by atoms with van der Waals surface area (Å²) in [5.41, 5.74) is 3.06. The molecule has 1 N–H and O–H groups in total. The van der Waals surface area contributed by atoms with E-state index in [9.17, 15) is 0 Å². The lowest BCUT2D eigenvalue weighted by molar-refractivity contribution is 0.0254. The average molecular weight is 143 g/mol. The lowest BCUT2D eigenvalue weighted by atomic mass is 10.1. The van der Waals surface area contributed by atoms with Crippen LogP contribution in [0.4, 0.5) is 0 Å². The molecule has 1 fully saturated rings. The summed E-state index contributed by atoms with van der Waals surface area (Å²) < 4.78 is 0. The predicted octanol–water partition coefficient (Wildman–Crippen LogP) is 1.72. The molecule has 1 aliphatic carbocycles. The molecule has 0 bridgehead atoms. The van der Waals surface area contributed by atoms with E-state index < -0.39 is 0 Å². The summed E-state index contributed by atoms with van der Waals surface area (Å²) in [6, 6.07) is 0.620. The van der Waals surface area contributed by atoms with Crippen molar-refractivity contribution in [2.75, 3.05) is 6.61 Å². The van der Waals surface area contributed by atoms with Crippen molar-refractivity contribution in [1.82, 2.24) is 5.48 Å². The molecule has 0 aromatic heterocycles. The zero-order valence-corrected chi connectivity index (χ0v) is 6.89. The molecular formula is C8H17NO. The SMILES string of the molecule is CCONC1CCC(C)C1. The van der Waals surface area contributed by atoms with E-state index in [-0.39, 0.29) is 0 Å². The summed E-state index contributed by atoms with van der Waals surface area (Å²) in [5.74, 6) is 0.887. The molecule has 60 valence electrons. The van der Waals surface area contributed by atoms with E-state index in [0.717, 1.165) is 12.5 Å². The van der Waals surface area contributed by atoms with Gasteiger partial charge in [-0.05, 0) is 32.1 Å². The maximum absolute atomic E-state index is 5.12. The Hall–Kier alpha value is -0.0800. The zero-order chi connectivity index (χ0) is 7.40. The van der Waals surface area contributed by atoms with Gasteiger partial charge in [-0.3, -0.25) is 0 Å². The van der Waals surface area contributed by atoms with Crippen molar-refractivity contribution in [3.05, 3.63) is 0 Å². The summed E-state index contributed by atoms with van der Waals surface area (Å²) in [6.45, 7) is 5.07. The fourth-order valence-corrected chi connectivity index (χ4v) is 1.52. The van der Waals surface area contributed by atoms with Crippen LogP contribution in [0.3, 0.4) is 0 Å². The van der Waals surface area contributed by atoms with E-state index in [1.54, 1.807) is 0 Å². The topological polar surface area (TPSA) is 21.3 Å². The molecule has 2 unspecified atom stereocenters. The summed E-state index contributed by atoms with van der Waals surface area (Å²) in [5, 5.41) is 0.